The molecule has 2 heterocycles. The van der Waals surface area contributed by atoms with Crippen LogP contribution in [0.5, 0.6) is 0 Å². The van der Waals surface area contributed by atoms with Gasteiger partial charge in [0.15, 0.2) is 5.82 Å². The van der Waals surface area contributed by atoms with Gasteiger partial charge in [-0.25, -0.2) is 0 Å². The van der Waals surface area contributed by atoms with Gasteiger partial charge in [-0.05, 0) is 25.8 Å². The topological polar surface area (TPSA) is 60.2 Å². The maximum absolute atomic E-state index is 5.46. The van der Waals surface area contributed by atoms with Crippen LogP contribution < -0.4 is 5.32 Å². The van der Waals surface area contributed by atoms with Crippen molar-refractivity contribution < 1.29 is 9.26 Å². The van der Waals surface area contributed by atoms with E-state index in [4.69, 9.17) is 9.26 Å². The Bertz CT molecular complexity index is 370. The molecule has 5 nitrogen and oxygen atoms in total. The highest BCUT2D eigenvalue weighted by Gasteiger charge is 2.43. The fourth-order valence-electron chi connectivity index (χ4n) is 2.34. The number of nitrogens with zero attached hydrogens (tertiary/aromatic N) is 2. The first kappa shape index (κ1) is 12.5. The first-order valence-electron chi connectivity index (χ1n) is 6.18. The van der Waals surface area contributed by atoms with Crippen molar-refractivity contribution in [2.75, 3.05) is 20.2 Å². The van der Waals surface area contributed by atoms with E-state index in [-0.39, 0.29) is 11.5 Å². The lowest BCUT2D eigenvalue weighted by Crippen LogP contribution is -2.35. The van der Waals surface area contributed by atoms with E-state index in [1.165, 1.54) is 0 Å². The first-order valence-corrected chi connectivity index (χ1v) is 6.18. The van der Waals surface area contributed by atoms with Crippen molar-refractivity contribution in [1.29, 1.82) is 0 Å². The van der Waals surface area contributed by atoms with Crippen LogP contribution in [0.2, 0.25) is 0 Å². The van der Waals surface area contributed by atoms with Gasteiger partial charge < -0.3 is 14.6 Å². The van der Waals surface area contributed by atoms with Crippen LogP contribution in [0.4, 0.5) is 0 Å². The summed E-state index contributed by atoms with van der Waals surface area (Å²) in [7, 11) is 1.65. The molecule has 0 saturated carbocycles. The Balaban J connectivity index is 2.28. The summed E-state index contributed by atoms with van der Waals surface area (Å²) in [6, 6.07) is 0. The molecular weight excluding hydrogens is 218 g/mol. The second-order valence-corrected chi connectivity index (χ2v) is 5.07. The Morgan fingerprint density at radius 2 is 2.18 bits per heavy atom. The van der Waals surface area contributed by atoms with Crippen molar-refractivity contribution >= 4 is 0 Å². The summed E-state index contributed by atoms with van der Waals surface area (Å²) in [4.78, 5) is 4.51. The summed E-state index contributed by atoms with van der Waals surface area (Å²) in [6.07, 6.45) is 0.930. The van der Waals surface area contributed by atoms with E-state index in [1.54, 1.807) is 7.11 Å². The normalized spacial score (nSPS) is 26.6. The summed E-state index contributed by atoms with van der Waals surface area (Å²) < 4.78 is 10.7. The zero-order valence-corrected chi connectivity index (χ0v) is 11.0. The molecule has 0 aliphatic carbocycles. The van der Waals surface area contributed by atoms with Gasteiger partial charge >= 0.3 is 0 Å². The van der Waals surface area contributed by atoms with Crippen LogP contribution >= 0.6 is 0 Å². The molecule has 1 aromatic rings. The van der Waals surface area contributed by atoms with Crippen molar-refractivity contribution in [3.8, 4) is 0 Å². The molecule has 1 aliphatic rings. The number of aromatic nitrogens is 2. The van der Waals surface area contributed by atoms with Gasteiger partial charge in [0, 0.05) is 13.7 Å². The highest BCUT2D eigenvalue weighted by molar-refractivity contribution is 5.12. The lowest BCUT2D eigenvalue weighted by molar-refractivity contribution is 0.109. The predicted octanol–water partition coefficient (Wildman–Crippen LogP) is 1.66. The van der Waals surface area contributed by atoms with Crippen LogP contribution in [0.25, 0.3) is 0 Å². The molecule has 0 radical (unpaired) electrons. The van der Waals surface area contributed by atoms with Gasteiger partial charge in [-0.1, -0.05) is 19.0 Å². The van der Waals surface area contributed by atoms with Gasteiger partial charge in [-0.2, -0.15) is 4.98 Å². The van der Waals surface area contributed by atoms with Gasteiger partial charge in [-0.15, -0.1) is 0 Å². The van der Waals surface area contributed by atoms with E-state index >= 15 is 0 Å². The quantitative estimate of drug-likeness (QED) is 0.866. The minimum atomic E-state index is -0.119. The largest absolute Gasteiger partial charge is 0.374 e. The molecular formula is C12H21N3O2. The number of hydrogen-bond donors (Lipinski definition) is 1. The average Bonchev–Trinajstić information content (AvgIpc) is 2.96. The molecule has 2 rings (SSSR count). The molecule has 1 saturated heterocycles. The SMILES string of the molecule is COC(C)c1noc(C2(C(C)C)CCNC2)n1. The van der Waals surface area contributed by atoms with Crippen LogP contribution in [-0.2, 0) is 10.2 Å². The average molecular weight is 239 g/mol. The molecule has 2 atom stereocenters. The van der Waals surface area contributed by atoms with Crippen LogP contribution in [0.3, 0.4) is 0 Å². The summed E-state index contributed by atoms with van der Waals surface area (Å²) in [5.74, 6) is 1.86. The minimum absolute atomic E-state index is 0.0152. The van der Waals surface area contributed by atoms with Gasteiger partial charge in [0.25, 0.3) is 0 Å². The molecule has 1 aromatic heterocycles. The van der Waals surface area contributed by atoms with Gasteiger partial charge in [-0.3, -0.25) is 0 Å². The fraction of sp³-hybridized carbons (Fsp3) is 0.833. The Kier molecular flexibility index (Phi) is 3.49. The summed E-state index contributed by atoms with van der Waals surface area (Å²) in [6.45, 7) is 8.25. The number of nitrogens with one attached hydrogen (secondary N) is 1. The van der Waals surface area contributed by atoms with Gasteiger partial charge in [0.2, 0.25) is 5.89 Å². The Hall–Kier alpha value is -0.940. The highest BCUT2D eigenvalue weighted by atomic mass is 16.5. The molecule has 1 N–H and O–H groups in total. The second kappa shape index (κ2) is 4.74. The van der Waals surface area contributed by atoms with Crippen molar-refractivity contribution in [2.24, 2.45) is 5.92 Å². The fourth-order valence-corrected chi connectivity index (χ4v) is 2.34. The zero-order valence-electron chi connectivity index (χ0n) is 11.0. The molecule has 17 heavy (non-hydrogen) atoms. The highest BCUT2D eigenvalue weighted by Crippen LogP contribution is 2.37. The van der Waals surface area contributed by atoms with E-state index in [0.29, 0.717) is 11.7 Å². The lowest BCUT2D eigenvalue weighted by atomic mass is 9.76. The third-order valence-electron chi connectivity index (χ3n) is 3.88. The molecule has 0 spiro atoms. The molecule has 0 bridgehead atoms. The molecule has 1 aliphatic heterocycles. The Morgan fingerprint density at radius 3 is 2.71 bits per heavy atom. The summed E-state index contributed by atoms with van der Waals surface area (Å²) in [5, 5.41) is 7.41. The monoisotopic (exact) mass is 239 g/mol. The van der Waals surface area contributed by atoms with E-state index in [9.17, 15) is 0 Å². The number of hydrogen-bond acceptors (Lipinski definition) is 5. The lowest BCUT2D eigenvalue weighted by Gasteiger charge is -2.28. The van der Waals surface area contributed by atoms with Crippen molar-refractivity contribution in [3.05, 3.63) is 11.7 Å². The van der Waals surface area contributed by atoms with Crippen LogP contribution in [0.1, 0.15) is 45.0 Å². The maximum Gasteiger partial charge on any atom is 0.234 e. The summed E-state index contributed by atoms with van der Waals surface area (Å²) in [5.41, 5.74) is -0.0152. The van der Waals surface area contributed by atoms with Crippen LogP contribution in [0, 0.1) is 5.92 Å². The van der Waals surface area contributed by atoms with Gasteiger partial charge in [0.1, 0.15) is 6.10 Å². The second-order valence-electron chi connectivity index (χ2n) is 5.07. The van der Waals surface area contributed by atoms with Crippen molar-refractivity contribution in [3.63, 3.8) is 0 Å². The minimum Gasteiger partial charge on any atom is -0.374 e. The molecule has 0 amide bonds. The molecule has 2 unspecified atom stereocenters. The smallest absolute Gasteiger partial charge is 0.234 e. The standard InChI is InChI=1S/C12H21N3O2/c1-8(2)12(5-6-13-7-12)11-14-10(15-17-11)9(3)16-4/h8-9,13H,5-7H2,1-4H3. The molecule has 1 fully saturated rings. The molecule has 5 heteroatoms. The number of rotatable bonds is 4. The van der Waals surface area contributed by atoms with E-state index in [2.05, 4.69) is 29.3 Å². The number of ether oxygens (including phenoxy) is 1. The Labute approximate surface area is 102 Å². The molecule has 0 aromatic carbocycles. The maximum atomic E-state index is 5.46. The van der Waals surface area contributed by atoms with Gasteiger partial charge in [0.05, 0.1) is 5.41 Å². The van der Waals surface area contributed by atoms with E-state index < -0.39 is 0 Å². The van der Waals surface area contributed by atoms with E-state index in [1.807, 2.05) is 6.92 Å². The van der Waals surface area contributed by atoms with Crippen molar-refractivity contribution in [2.45, 2.75) is 38.7 Å². The first-order chi connectivity index (χ1) is 8.10. The zero-order chi connectivity index (χ0) is 12.5. The van der Waals surface area contributed by atoms with Crippen molar-refractivity contribution in [1.82, 2.24) is 15.5 Å². The van der Waals surface area contributed by atoms with Crippen LogP contribution in [0.15, 0.2) is 4.52 Å². The van der Waals surface area contributed by atoms with Crippen LogP contribution in [-0.4, -0.2) is 30.3 Å². The van der Waals surface area contributed by atoms with E-state index in [0.717, 1.165) is 25.4 Å². The third-order valence-corrected chi connectivity index (χ3v) is 3.88. The number of methoxy groups -OCH3 is 1. The summed E-state index contributed by atoms with van der Waals surface area (Å²) >= 11 is 0. The predicted molar refractivity (Wildman–Crippen MR) is 63.7 cm³/mol. The Morgan fingerprint density at radius 1 is 1.41 bits per heavy atom. The third kappa shape index (κ3) is 2.09. The molecule has 96 valence electrons.